The molecule has 12 nitrogen and oxygen atoms in total. The number of ether oxygens (including phenoxy) is 1. The van der Waals surface area contributed by atoms with Crippen LogP contribution in [0.15, 0.2) is 55.0 Å². The van der Waals surface area contributed by atoms with Gasteiger partial charge in [-0.1, -0.05) is 18.1 Å². The minimum Gasteiger partial charge on any atom is -0.378 e. The molecule has 1 atom stereocenters. The summed E-state index contributed by atoms with van der Waals surface area (Å²) in [6.07, 6.45) is 5.08. The summed E-state index contributed by atoms with van der Waals surface area (Å²) >= 11 is 0. The Labute approximate surface area is 249 Å². The van der Waals surface area contributed by atoms with Gasteiger partial charge in [-0.05, 0) is 55.5 Å². The molecule has 12 heteroatoms. The highest BCUT2D eigenvalue weighted by atomic mass is 16.5. The zero-order chi connectivity index (χ0) is 29.6. The average Bonchev–Trinajstić information content (AvgIpc) is 3.47. The summed E-state index contributed by atoms with van der Waals surface area (Å²) in [6, 6.07) is 13.0. The lowest BCUT2D eigenvalue weighted by molar-refractivity contribution is -0.116. The lowest BCUT2D eigenvalue weighted by Gasteiger charge is -2.34. The molecule has 1 unspecified atom stereocenters. The molecule has 2 aliphatic heterocycles. The lowest BCUT2D eigenvalue weighted by atomic mass is 10.0. The van der Waals surface area contributed by atoms with E-state index < -0.39 is 6.03 Å². The van der Waals surface area contributed by atoms with Crippen LogP contribution in [0.5, 0.6) is 0 Å². The molecule has 0 aliphatic carbocycles. The van der Waals surface area contributed by atoms with Gasteiger partial charge < -0.3 is 30.2 Å². The predicted octanol–water partition coefficient (Wildman–Crippen LogP) is 3.61. The number of benzene rings is 1. The molecule has 0 bridgehead atoms. The Balaban J connectivity index is 1.08. The smallest absolute Gasteiger partial charge is 0.324 e. The molecule has 43 heavy (non-hydrogen) atoms. The number of fused-ring (bicyclic) bond motifs is 1. The van der Waals surface area contributed by atoms with Gasteiger partial charge in [0.1, 0.15) is 23.6 Å². The maximum Gasteiger partial charge on any atom is 0.324 e. The molecule has 220 valence electrons. The van der Waals surface area contributed by atoms with Gasteiger partial charge in [-0.15, -0.1) is 0 Å². The molecule has 0 spiro atoms. The molecule has 4 aromatic rings. The molecule has 0 radical (unpaired) electrons. The number of nitrogens with one attached hydrogen (secondary N) is 4. The largest absolute Gasteiger partial charge is 0.378 e. The summed E-state index contributed by atoms with van der Waals surface area (Å²) in [5.41, 5.74) is 4.23. The minimum atomic E-state index is -0.393. The molecular weight excluding hydrogens is 546 g/mol. The zero-order valence-corrected chi connectivity index (χ0v) is 23.9. The molecule has 6 rings (SSSR count). The van der Waals surface area contributed by atoms with E-state index >= 15 is 0 Å². The van der Waals surface area contributed by atoms with Crippen molar-refractivity contribution in [2.24, 2.45) is 0 Å². The summed E-state index contributed by atoms with van der Waals surface area (Å²) in [4.78, 5) is 45.7. The Bertz CT molecular complexity index is 1670. The summed E-state index contributed by atoms with van der Waals surface area (Å²) in [6.45, 7) is 6.11. The number of hydrogen-bond acceptors (Lipinski definition) is 8. The van der Waals surface area contributed by atoms with Gasteiger partial charge in [-0.3, -0.25) is 10.1 Å². The number of anilines is 4. The van der Waals surface area contributed by atoms with Gasteiger partial charge in [-0.25, -0.2) is 19.7 Å². The van der Waals surface area contributed by atoms with Crippen molar-refractivity contribution < 1.29 is 14.3 Å². The van der Waals surface area contributed by atoms with Gasteiger partial charge in [0.2, 0.25) is 0 Å². The van der Waals surface area contributed by atoms with Crippen molar-refractivity contribution in [2.75, 3.05) is 59.8 Å². The van der Waals surface area contributed by atoms with Crippen LogP contribution in [0.1, 0.15) is 19.8 Å². The maximum absolute atomic E-state index is 12.8. The second-order valence-electron chi connectivity index (χ2n) is 10.4. The fraction of sp³-hybridized carbons (Fsp3) is 0.323. The number of aromatic nitrogens is 4. The quantitative estimate of drug-likeness (QED) is 0.254. The highest BCUT2D eigenvalue weighted by Crippen LogP contribution is 2.30. The SMILES string of the molecule is CC#CC(=O)NC1CCCN(c2ccnc(NC(=O)Nc3ccc(-c4cc5c(N6CCOCC6)ncnc5[nH]4)cc3)c2)C1. The van der Waals surface area contributed by atoms with Gasteiger partial charge >= 0.3 is 6.03 Å². The minimum absolute atomic E-state index is 0.0158. The summed E-state index contributed by atoms with van der Waals surface area (Å²) in [7, 11) is 0. The Morgan fingerprint density at radius 3 is 2.65 bits per heavy atom. The van der Waals surface area contributed by atoms with E-state index in [-0.39, 0.29) is 11.9 Å². The molecule has 5 heterocycles. The van der Waals surface area contributed by atoms with Crippen LogP contribution in [0.25, 0.3) is 22.3 Å². The van der Waals surface area contributed by atoms with E-state index in [2.05, 4.69) is 63.6 Å². The van der Waals surface area contributed by atoms with E-state index in [1.165, 1.54) is 0 Å². The third-order valence-corrected chi connectivity index (χ3v) is 7.51. The number of amides is 3. The van der Waals surface area contributed by atoms with Crippen LogP contribution >= 0.6 is 0 Å². The highest BCUT2D eigenvalue weighted by molar-refractivity contribution is 5.99. The third kappa shape index (κ3) is 6.68. The molecule has 1 aromatic carbocycles. The number of piperidine rings is 1. The lowest BCUT2D eigenvalue weighted by Crippen LogP contribution is -2.47. The molecule has 3 aromatic heterocycles. The first kappa shape index (κ1) is 28.0. The van der Waals surface area contributed by atoms with Crippen LogP contribution in [0.4, 0.5) is 27.8 Å². The van der Waals surface area contributed by atoms with E-state index in [1.807, 2.05) is 36.4 Å². The van der Waals surface area contributed by atoms with Gasteiger partial charge in [0.15, 0.2) is 0 Å². The number of hydrogen-bond donors (Lipinski definition) is 4. The molecule has 2 fully saturated rings. The molecule has 0 saturated carbocycles. The topological polar surface area (TPSA) is 140 Å². The number of urea groups is 1. The van der Waals surface area contributed by atoms with Crippen molar-refractivity contribution in [3.63, 3.8) is 0 Å². The Morgan fingerprint density at radius 1 is 1.00 bits per heavy atom. The Kier molecular flexibility index (Phi) is 8.33. The van der Waals surface area contributed by atoms with Crippen LogP contribution in [0.3, 0.4) is 0 Å². The van der Waals surface area contributed by atoms with Crippen molar-refractivity contribution in [1.29, 1.82) is 0 Å². The number of morpholine rings is 1. The number of carbonyl (C=O) groups excluding carboxylic acids is 2. The van der Waals surface area contributed by atoms with Crippen molar-refractivity contribution in [1.82, 2.24) is 25.3 Å². The van der Waals surface area contributed by atoms with E-state index in [9.17, 15) is 9.59 Å². The number of H-pyrrole nitrogens is 1. The van der Waals surface area contributed by atoms with Gasteiger partial charge in [0.25, 0.3) is 5.91 Å². The van der Waals surface area contributed by atoms with E-state index in [4.69, 9.17) is 4.74 Å². The molecule has 2 aliphatic rings. The fourth-order valence-electron chi connectivity index (χ4n) is 5.47. The predicted molar refractivity (Wildman–Crippen MR) is 166 cm³/mol. The van der Waals surface area contributed by atoms with Crippen LogP contribution in [-0.2, 0) is 9.53 Å². The van der Waals surface area contributed by atoms with Gasteiger partial charge in [-0.2, -0.15) is 0 Å². The first-order valence-electron chi connectivity index (χ1n) is 14.3. The van der Waals surface area contributed by atoms with Gasteiger partial charge in [0, 0.05) is 61.6 Å². The fourth-order valence-corrected chi connectivity index (χ4v) is 5.47. The summed E-state index contributed by atoms with van der Waals surface area (Å²) in [5, 5.41) is 9.62. The first-order valence-corrected chi connectivity index (χ1v) is 14.3. The van der Waals surface area contributed by atoms with Crippen molar-refractivity contribution in [3.05, 3.63) is 55.0 Å². The van der Waals surface area contributed by atoms with Crippen molar-refractivity contribution in [3.8, 4) is 23.1 Å². The normalized spacial score (nSPS) is 16.7. The number of carbonyl (C=O) groups is 2. The Morgan fingerprint density at radius 2 is 1.84 bits per heavy atom. The number of nitrogens with zero attached hydrogens (tertiary/aromatic N) is 5. The van der Waals surface area contributed by atoms with E-state index in [0.29, 0.717) is 31.3 Å². The van der Waals surface area contributed by atoms with Crippen molar-refractivity contribution >= 4 is 46.0 Å². The first-order chi connectivity index (χ1) is 21.1. The second-order valence-corrected chi connectivity index (χ2v) is 10.4. The molecule has 4 N–H and O–H groups in total. The van der Waals surface area contributed by atoms with Crippen LogP contribution in [-0.4, -0.2) is 77.3 Å². The monoisotopic (exact) mass is 579 g/mol. The van der Waals surface area contributed by atoms with E-state index in [1.54, 1.807) is 19.4 Å². The van der Waals surface area contributed by atoms with Gasteiger partial charge in [0.05, 0.1) is 18.6 Å². The average molecular weight is 580 g/mol. The van der Waals surface area contributed by atoms with Crippen molar-refractivity contribution in [2.45, 2.75) is 25.8 Å². The highest BCUT2D eigenvalue weighted by Gasteiger charge is 2.22. The van der Waals surface area contributed by atoms with Crippen LogP contribution in [0.2, 0.25) is 0 Å². The number of pyridine rings is 1. The summed E-state index contributed by atoms with van der Waals surface area (Å²) in [5.74, 6) is 6.24. The molecule has 2 saturated heterocycles. The molecular formula is C31H33N9O3. The Hall–Kier alpha value is -5.15. The van der Waals surface area contributed by atoms with Crippen LogP contribution in [0, 0.1) is 11.8 Å². The number of rotatable bonds is 6. The standard InChI is InChI=1S/C31H33N9O3/c1-2-4-28(41)35-23-5-3-12-40(19-23)24-10-11-32-27(17-24)38-31(42)36-22-8-6-21(7-9-22)26-18-25-29(37-26)33-20-34-30(25)39-13-15-43-16-14-39/h6-11,17-18,20,23H,3,5,12-16,19H2,1H3,(H,35,41)(H,33,34,37)(H2,32,36,38,42). The van der Waals surface area contributed by atoms with E-state index in [0.717, 1.165) is 66.3 Å². The number of aromatic amines is 1. The van der Waals surface area contributed by atoms with Crippen LogP contribution < -0.4 is 25.8 Å². The third-order valence-electron chi connectivity index (χ3n) is 7.51. The molecule has 3 amide bonds. The summed E-state index contributed by atoms with van der Waals surface area (Å²) < 4.78 is 5.48. The maximum atomic E-state index is 12.8. The zero-order valence-electron chi connectivity index (χ0n) is 23.9. The second kappa shape index (κ2) is 12.8.